The predicted octanol–water partition coefficient (Wildman–Crippen LogP) is 6.69. The lowest BCUT2D eigenvalue weighted by atomic mass is 10.0. The van der Waals surface area contributed by atoms with Crippen LogP contribution in [-0.4, -0.2) is 5.78 Å². The van der Waals surface area contributed by atoms with E-state index in [-0.39, 0.29) is 17.4 Å². The first-order valence-corrected chi connectivity index (χ1v) is 10.3. The molecule has 0 atom stereocenters. The van der Waals surface area contributed by atoms with Crippen LogP contribution < -0.4 is 9.47 Å². The van der Waals surface area contributed by atoms with Crippen LogP contribution >= 0.6 is 0 Å². The molecule has 4 heteroatoms. The number of ether oxygens (including phenoxy) is 2. The van der Waals surface area contributed by atoms with E-state index in [1.54, 1.807) is 36.4 Å². The van der Waals surface area contributed by atoms with Crippen LogP contribution in [0.5, 0.6) is 11.5 Å². The Hall–Kier alpha value is -4.18. The summed E-state index contributed by atoms with van der Waals surface area (Å²) in [5.41, 5.74) is 4.49. The van der Waals surface area contributed by atoms with Crippen molar-refractivity contribution in [1.29, 1.82) is 0 Å². The van der Waals surface area contributed by atoms with Gasteiger partial charge in [0.2, 0.25) is 5.78 Å². The molecule has 0 aliphatic carbocycles. The van der Waals surface area contributed by atoms with Crippen molar-refractivity contribution in [2.75, 3.05) is 0 Å². The average Bonchev–Trinajstić information content (AvgIpc) is 3.14. The summed E-state index contributed by atoms with van der Waals surface area (Å²) in [5.74, 6) is 0.890. The lowest BCUT2D eigenvalue weighted by molar-refractivity contribution is 0.101. The molecular formula is C28H19FO3. The number of hydrogen-bond acceptors (Lipinski definition) is 3. The van der Waals surface area contributed by atoms with E-state index in [0.29, 0.717) is 23.7 Å². The fraction of sp³-hybridized carbons (Fsp3) is 0.0357. The minimum atomic E-state index is -0.285. The second-order valence-corrected chi connectivity index (χ2v) is 7.50. The molecule has 1 aliphatic heterocycles. The smallest absolute Gasteiger partial charge is 0.231 e. The zero-order valence-electron chi connectivity index (χ0n) is 17.1. The normalized spacial score (nSPS) is 13.7. The molecule has 0 aromatic heterocycles. The Kier molecular flexibility index (Phi) is 5.26. The molecule has 156 valence electrons. The van der Waals surface area contributed by atoms with Crippen molar-refractivity contribution in [3.8, 4) is 22.6 Å². The highest BCUT2D eigenvalue weighted by Gasteiger charge is 2.27. The fourth-order valence-corrected chi connectivity index (χ4v) is 3.56. The molecule has 4 aromatic rings. The summed E-state index contributed by atoms with van der Waals surface area (Å²) in [5, 5.41) is 0. The number of fused-ring (bicyclic) bond motifs is 1. The number of carbonyl (C=O) groups excluding carboxylic acids is 1. The highest BCUT2D eigenvalue weighted by molar-refractivity contribution is 6.14. The maximum atomic E-state index is 13.0. The maximum absolute atomic E-state index is 13.0. The minimum absolute atomic E-state index is 0.155. The minimum Gasteiger partial charge on any atom is -0.489 e. The van der Waals surface area contributed by atoms with Crippen molar-refractivity contribution in [2.24, 2.45) is 0 Å². The fourth-order valence-electron chi connectivity index (χ4n) is 3.56. The molecule has 0 saturated carbocycles. The Morgan fingerprint density at radius 1 is 0.812 bits per heavy atom. The van der Waals surface area contributed by atoms with Gasteiger partial charge in [0.25, 0.3) is 0 Å². The lowest BCUT2D eigenvalue weighted by Gasteiger charge is -2.07. The summed E-state index contributed by atoms with van der Waals surface area (Å²) >= 11 is 0. The number of hydrogen-bond donors (Lipinski definition) is 0. The van der Waals surface area contributed by atoms with Crippen LogP contribution in [0.4, 0.5) is 4.39 Å². The summed E-state index contributed by atoms with van der Waals surface area (Å²) in [4.78, 5) is 12.7. The predicted molar refractivity (Wildman–Crippen MR) is 122 cm³/mol. The number of carbonyl (C=O) groups is 1. The van der Waals surface area contributed by atoms with Crippen LogP contribution in [0.1, 0.15) is 21.5 Å². The highest BCUT2D eigenvalue weighted by Crippen LogP contribution is 2.35. The Morgan fingerprint density at radius 3 is 2.28 bits per heavy atom. The van der Waals surface area contributed by atoms with Crippen LogP contribution in [0.2, 0.25) is 0 Å². The van der Waals surface area contributed by atoms with Crippen LogP contribution in [0.3, 0.4) is 0 Å². The molecule has 0 bridgehead atoms. The van der Waals surface area contributed by atoms with Gasteiger partial charge < -0.3 is 9.47 Å². The largest absolute Gasteiger partial charge is 0.489 e. The highest BCUT2D eigenvalue weighted by atomic mass is 19.1. The summed E-state index contributed by atoms with van der Waals surface area (Å²) in [6.07, 6.45) is 1.75. The molecule has 1 aliphatic rings. The van der Waals surface area contributed by atoms with Gasteiger partial charge in [-0.1, -0.05) is 66.7 Å². The first-order chi connectivity index (χ1) is 15.7. The molecule has 4 aromatic carbocycles. The molecule has 0 N–H and O–H groups in total. The van der Waals surface area contributed by atoms with Gasteiger partial charge >= 0.3 is 0 Å². The number of Topliss-reactive ketones (excluding diaryl/α,β-unsaturated/α-hetero) is 1. The van der Waals surface area contributed by atoms with E-state index >= 15 is 0 Å². The number of benzene rings is 4. The third-order valence-electron chi connectivity index (χ3n) is 5.28. The van der Waals surface area contributed by atoms with Gasteiger partial charge in [-0.3, -0.25) is 4.79 Å². The Morgan fingerprint density at radius 2 is 1.53 bits per heavy atom. The van der Waals surface area contributed by atoms with E-state index < -0.39 is 0 Å². The Bertz CT molecular complexity index is 1290. The van der Waals surface area contributed by atoms with Crippen LogP contribution in [0.25, 0.3) is 17.2 Å². The van der Waals surface area contributed by atoms with E-state index in [4.69, 9.17) is 9.47 Å². The first-order valence-electron chi connectivity index (χ1n) is 10.3. The third kappa shape index (κ3) is 4.16. The van der Waals surface area contributed by atoms with Crippen LogP contribution in [-0.2, 0) is 6.61 Å². The molecule has 0 spiro atoms. The average molecular weight is 422 g/mol. The van der Waals surface area contributed by atoms with E-state index in [1.165, 1.54) is 12.1 Å². The number of halogens is 1. The van der Waals surface area contributed by atoms with Gasteiger partial charge in [0.05, 0.1) is 5.56 Å². The van der Waals surface area contributed by atoms with Crippen molar-refractivity contribution in [1.82, 2.24) is 0 Å². The van der Waals surface area contributed by atoms with Gasteiger partial charge in [0.15, 0.2) is 5.76 Å². The number of ketones is 1. The zero-order valence-corrected chi connectivity index (χ0v) is 17.1. The topological polar surface area (TPSA) is 35.5 Å². The quantitative estimate of drug-likeness (QED) is 0.336. The summed E-state index contributed by atoms with van der Waals surface area (Å²) in [6.45, 7) is 0.295. The SMILES string of the molecule is O=C1C(=Cc2ccc(-c3ccccc3)cc2)Oc2cc(OCc3ccc(F)cc3)ccc21. The van der Waals surface area contributed by atoms with Crippen molar-refractivity contribution >= 4 is 11.9 Å². The summed E-state index contributed by atoms with van der Waals surface area (Å²) in [6, 6.07) is 29.4. The lowest BCUT2D eigenvalue weighted by Crippen LogP contribution is -1.98. The van der Waals surface area contributed by atoms with E-state index in [0.717, 1.165) is 22.3 Å². The van der Waals surface area contributed by atoms with Crippen LogP contribution in [0, 0.1) is 5.82 Å². The van der Waals surface area contributed by atoms with E-state index in [2.05, 4.69) is 12.1 Å². The molecule has 0 radical (unpaired) electrons. The van der Waals surface area contributed by atoms with E-state index in [9.17, 15) is 9.18 Å². The third-order valence-corrected chi connectivity index (χ3v) is 5.28. The molecule has 0 fully saturated rings. The monoisotopic (exact) mass is 422 g/mol. The molecule has 0 saturated heterocycles. The van der Waals surface area contributed by atoms with Crippen LogP contribution in [0.15, 0.2) is 103 Å². The Balaban J connectivity index is 1.30. The first kappa shape index (κ1) is 19.8. The maximum Gasteiger partial charge on any atom is 0.231 e. The van der Waals surface area contributed by atoms with Crippen molar-refractivity contribution in [3.05, 3.63) is 125 Å². The molecular weight excluding hydrogens is 403 g/mol. The number of allylic oxidation sites excluding steroid dienone is 1. The van der Waals surface area contributed by atoms with Gasteiger partial charge in [-0.05, 0) is 52.6 Å². The summed E-state index contributed by atoms with van der Waals surface area (Å²) in [7, 11) is 0. The van der Waals surface area contributed by atoms with Gasteiger partial charge in [-0.15, -0.1) is 0 Å². The number of rotatable bonds is 5. The summed E-state index contributed by atoms with van der Waals surface area (Å²) < 4.78 is 24.6. The Labute approximate surface area is 185 Å². The van der Waals surface area contributed by atoms with Crippen molar-refractivity contribution < 1.29 is 18.7 Å². The molecule has 0 unspecified atom stereocenters. The zero-order chi connectivity index (χ0) is 21.9. The van der Waals surface area contributed by atoms with Gasteiger partial charge in [0, 0.05) is 6.07 Å². The van der Waals surface area contributed by atoms with Crippen molar-refractivity contribution in [2.45, 2.75) is 6.61 Å². The van der Waals surface area contributed by atoms with Crippen molar-refractivity contribution in [3.63, 3.8) is 0 Å². The molecule has 1 heterocycles. The molecule has 0 amide bonds. The van der Waals surface area contributed by atoms with Gasteiger partial charge in [-0.2, -0.15) is 0 Å². The second kappa shape index (κ2) is 8.52. The van der Waals surface area contributed by atoms with Gasteiger partial charge in [-0.25, -0.2) is 4.39 Å². The van der Waals surface area contributed by atoms with E-state index in [1.807, 2.05) is 42.5 Å². The molecule has 32 heavy (non-hydrogen) atoms. The van der Waals surface area contributed by atoms with Gasteiger partial charge in [0.1, 0.15) is 23.9 Å². The molecule has 3 nitrogen and oxygen atoms in total. The molecule has 5 rings (SSSR count). The standard InChI is InChI=1S/C28H19FO3/c29-23-12-8-20(9-13-23)18-31-24-14-15-25-26(17-24)32-27(28(25)30)16-19-6-10-22(11-7-19)21-4-2-1-3-5-21/h1-17H,18H2. The second-order valence-electron chi connectivity index (χ2n) is 7.50.